The van der Waals surface area contributed by atoms with Gasteiger partial charge in [-0.2, -0.15) is 0 Å². The Morgan fingerprint density at radius 2 is 2.15 bits per heavy atom. The van der Waals surface area contributed by atoms with Gasteiger partial charge in [0, 0.05) is 0 Å². The highest BCUT2D eigenvalue weighted by Gasteiger charge is 2.18. The van der Waals surface area contributed by atoms with Crippen molar-refractivity contribution in [2.75, 3.05) is 19.6 Å². The van der Waals surface area contributed by atoms with Crippen molar-refractivity contribution in [2.24, 2.45) is 11.8 Å². The van der Waals surface area contributed by atoms with Gasteiger partial charge in [-0.3, -0.25) is 4.90 Å². The molecule has 1 aliphatic heterocycles. The van der Waals surface area contributed by atoms with E-state index in [1.165, 1.54) is 32.4 Å². The van der Waals surface area contributed by atoms with Crippen LogP contribution < -0.4 is 0 Å². The molecule has 0 saturated carbocycles. The van der Waals surface area contributed by atoms with Crippen molar-refractivity contribution in [3.8, 4) is 12.3 Å². The van der Waals surface area contributed by atoms with Crippen LogP contribution in [0.4, 0.5) is 0 Å². The lowest BCUT2D eigenvalue weighted by Gasteiger charge is -2.19. The molecule has 0 aromatic rings. The third-order valence-electron chi connectivity index (χ3n) is 3.12. The lowest BCUT2D eigenvalue weighted by atomic mass is 9.89. The van der Waals surface area contributed by atoms with Crippen molar-refractivity contribution >= 4 is 0 Å². The Morgan fingerprint density at radius 1 is 1.38 bits per heavy atom. The fourth-order valence-corrected chi connectivity index (χ4v) is 2.14. The highest BCUT2D eigenvalue weighted by Crippen LogP contribution is 2.24. The van der Waals surface area contributed by atoms with Crippen LogP contribution in [0.5, 0.6) is 0 Å². The molecule has 1 aliphatic rings. The predicted molar refractivity (Wildman–Crippen MR) is 57.5 cm³/mol. The molecule has 0 aromatic heterocycles. The quantitative estimate of drug-likeness (QED) is 0.588. The molecular weight excluding hydrogens is 158 g/mol. The van der Waals surface area contributed by atoms with Gasteiger partial charge in [-0.05, 0) is 44.2 Å². The molecule has 1 fully saturated rings. The van der Waals surface area contributed by atoms with Gasteiger partial charge in [0.25, 0.3) is 0 Å². The monoisotopic (exact) mass is 179 g/mol. The van der Waals surface area contributed by atoms with Gasteiger partial charge in [0.2, 0.25) is 0 Å². The number of hydrogen-bond donors (Lipinski definition) is 0. The van der Waals surface area contributed by atoms with E-state index in [1.807, 2.05) is 0 Å². The van der Waals surface area contributed by atoms with Gasteiger partial charge in [0.1, 0.15) is 0 Å². The van der Waals surface area contributed by atoms with E-state index in [2.05, 4.69) is 24.7 Å². The molecule has 1 nitrogen and oxygen atoms in total. The predicted octanol–water partition coefficient (Wildman–Crippen LogP) is 2.38. The van der Waals surface area contributed by atoms with Gasteiger partial charge >= 0.3 is 0 Å². The lowest BCUT2D eigenvalue weighted by molar-refractivity contribution is 0.299. The Bertz CT molecular complexity index is 178. The maximum atomic E-state index is 5.31. The SMILES string of the molecule is C#CCN1CCCC(C(C)C)CC1. The summed E-state index contributed by atoms with van der Waals surface area (Å²) in [5.74, 6) is 4.49. The summed E-state index contributed by atoms with van der Waals surface area (Å²) >= 11 is 0. The van der Waals surface area contributed by atoms with E-state index < -0.39 is 0 Å². The fraction of sp³-hybridized carbons (Fsp3) is 0.833. The van der Waals surface area contributed by atoms with Crippen LogP contribution in [0.1, 0.15) is 33.1 Å². The second-order valence-electron chi connectivity index (χ2n) is 4.42. The molecule has 1 saturated heterocycles. The van der Waals surface area contributed by atoms with Crippen molar-refractivity contribution in [1.29, 1.82) is 0 Å². The van der Waals surface area contributed by atoms with Gasteiger partial charge in [-0.1, -0.05) is 19.8 Å². The Balaban J connectivity index is 2.36. The maximum absolute atomic E-state index is 5.31. The zero-order valence-corrected chi connectivity index (χ0v) is 8.92. The van der Waals surface area contributed by atoms with Crippen molar-refractivity contribution in [3.63, 3.8) is 0 Å². The Kier molecular flexibility index (Phi) is 4.32. The minimum atomic E-state index is 0.838. The van der Waals surface area contributed by atoms with E-state index in [0.29, 0.717) is 0 Å². The lowest BCUT2D eigenvalue weighted by Crippen LogP contribution is -2.25. The summed E-state index contributed by atoms with van der Waals surface area (Å²) in [5, 5.41) is 0. The first-order valence-electron chi connectivity index (χ1n) is 5.40. The molecule has 1 heterocycles. The topological polar surface area (TPSA) is 3.24 Å². The van der Waals surface area contributed by atoms with Crippen molar-refractivity contribution in [2.45, 2.75) is 33.1 Å². The van der Waals surface area contributed by atoms with Crippen LogP contribution in [-0.4, -0.2) is 24.5 Å². The first-order valence-corrected chi connectivity index (χ1v) is 5.40. The Morgan fingerprint density at radius 3 is 2.77 bits per heavy atom. The third kappa shape index (κ3) is 3.40. The van der Waals surface area contributed by atoms with Crippen LogP contribution in [-0.2, 0) is 0 Å². The van der Waals surface area contributed by atoms with Crippen LogP contribution in [0, 0.1) is 24.2 Å². The number of rotatable bonds is 2. The highest BCUT2D eigenvalue weighted by atomic mass is 15.1. The van der Waals surface area contributed by atoms with Crippen LogP contribution >= 0.6 is 0 Å². The number of terminal acetylenes is 1. The molecule has 0 spiro atoms. The number of nitrogens with zero attached hydrogens (tertiary/aromatic N) is 1. The summed E-state index contributed by atoms with van der Waals surface area (Å²) in [6.45, 7) is 7.91. The van der Waals surface area contributed by atoms with Gasteiger partial charge in [0.05, 0.1) is 6.54 Å². The molecule has 0 N–H and O–H groups in total. The van der Waals surface area contributed by atoms with Gasteiger partial charge in [0.15, 0.2) is 0 Å². The molecule has 0 radical (unpaired) electrons. The third-order valence-corrected chi connectivity index (χ3v) is 3.12. The van der Waals surface area contributed by atoms with E-state index >= 15 is 0 Å². The summed E-state index contributed by atoms with van der Waals surface area (Å²) in [6.07, 6.45) is 9.36. The van der Waals surface area contributed by atoms with Crippen LogP contribution in [0.15, 0.2) is 0 Å². The summed E-state index contributed by atoms with van der Waals surface area (Å²) in [4.78, 5) is 2.41. The molecule has 1 unspecified atom stereocenters. The highest BCUT2D eigenvalue weighted by molar-refractivity contribution is 4.89. The minimum absolute atomic E-state index is 0.838. The second kappa shape index (κ2) is 5.29. The fourth-order valence-electron chi connectivity index (χ4n) is 2.14. The van der Waals surface area contributed by atoms with Crippen LogP contribution in [0.3, 0.4) is 0 Å². The molecule has 1 rings (SSSR count). The number of hydrogen-bond acceptors (Lipinski definition) is 1. The van der Waals surface area contributed by atoms with Crippen molar-refractivity contribution in [1.82, 2.24) is 4.90 Å². The van der Waals surface area contributed by atoms with Crippen LogP contribution in [0.25, 0.3) is 0 Å². The second-order valence-corrected chi connectivity index (χ2v) is 4.42. The smallest absolute Gasteiger partial charge is 0.0598 e. The zero-order valence-electron chi connectivity index (χ0n) is 8.92. The first-order chi connectivity index (χ1) is 6.24. The maximum Gasteiger partial charge on any atom is 0.0598 e. The van der Waals surface area contributed by atoms with Crippen LogP contribution in [0.2, 0.25) is 0 Å². The summed E-state index contributed by atoms with van der Waals surface area (Å²) in [6, 6.07) is 0. The molecule has 74 valence electrons. The average molecular weight is 179 g/mol. The normalized spacial score (nSPS) is 25.5. The van der Waals surface area contributed by atoms with E-state index in [-0.39, 0.29) is 0 Å². The van der Waals surface area contributed by atoms with E-state index in [4.69, 9.17) is 6.42 Å². The van der Waals surface area contributed by atoms with E-state index in [0.717, 1.165) is 18.4 Å². The Hall–Kier alpha value is -0.480. The molecule has 0 aliphatic carbocycles. The Labute approximate surface area is 82.5 Å². The summed E-state index contributed by atoms with van der Waals surface area (Å²) < 4.78 is 0. The number of likely N-dealkylation sites (tertiary alicyclic amines) is 1. The molecule has 0 bridgehead atoms. The largest absolute Gasteiger partial charge is 0.292 e. The molecular formula is C12H21N. The van der Waals surface area contributed by atoms with Crippen molar-refractivity contribution < 1.29 is 0 Å². The van der Waals surface area contributed by atoms with E-state index in [9.17, 15) is 0 Å². The van der Waals surface area contributed by atoms with Gasteiger partial charge in [-0.15, -0.1) is 6.42 Å². The molecule has 0 amide bonds. The average Bonchev–Trinajstić information content (AvgIpc) is 2.30. The molecule has 1 heteroatoms. The van der Waals surface area contributed by atoms with Gasteiger partial charge < -0.3 is 0 Å². The standard InChI is InChI=1S/C12H21N/c1-4-8-13-9-5-6-12(7-10-13)11(2)3/h1,11-12H,5-10H2,2-3H3. The summed E-state index contributed by atoms with van der Waals surface area (Å²) in [5.41, 5.74) is 0. The van der Waals surface area contributed by atoms with E-state index in [1.54, 1.807) is 0 Å². The zero-order chi connectivity index (χ0) is 9.68. The molecule has 0 aromatic carbocycles. The molecule has 1 atom stereocenters. The minimum Gasteiger partial charge on any atom is -0.292 e. The van der Waals surface area contributed by atoms with Gasteiger partial charge in [-0.25, -0.2) is 0 Å². The summed E-state index contributed by atoms with van der Waals surface area (Å²) in [7, 11) is 0. The first kappa shape index (κ1) is 10.6. The molecule has 13 heavy (non-hydrogen) atoms. The van der Waals surface area contributed by atoms with Crippen molar-refractivity contribution in [3.05, 3.63) is 0 Å².